The van der Waals surface area contributed by atoms with Crippen LogP contribution in [0.2, 0.25) is 0 Å². The van der Waals surface area contributed by atoms with E-state index in [1.54, 1.807) is 6.07 Å². The molecule has 0 radical (unpaired) electrons. The van der Waals surface area contributed by atoms with E-state index >= 15 is 0 Å². The highest BCUT2D eigenvalue weighted by Gasteiger charge is 2.40. The zero-order chi connectivity index (χ0) is 19.0. The Kier molecular flexibility index (Phi) is 4.73. The lowest BCUT2D eigenvalue weighted by Gasteiger charge is -2.50. The molecule has 4 heterocycles. The number of H-pyrrole nitrogens is 1. The van der Waals surface area contributed by atoms with E-state index in [9.17, 15) is 9.59 Å². The molecule has 27 heavy (non-hydrogen) atoms. The number of aromatic nitrogens is 2. The largest absolute Gasteiger partial charge is 0.338 e. The monoisotopic (exact) mass is 370 g/mol. The van der Waals surface area contributed by atoms with Gasteiger partial charge >= 0.3 is 6.03 Å². The number of rotatable bonds is 4. The Balaban J connectivity index is 1.56. The Morgan fingerprint density at radius 1 is 1.26 bits per heavy atom. The third kappa shape index (κ3) is 3.37. The highest BCUT2D eigenvalue weighted by Crippen LogP contribution is 2.30. The molecule has 1 aromatic carbocycles. The predicted molar refractivity (Wildman–Crippen MR) is 104 cm³/mol. The number of hydrogen-bond donors (Lipinski definition) is 3. The van der Waals surface area contributed by atoms with Gasteiger partial charge in [-0.2, -0.15) is 5.10 Å². The number of piperazine rings is 1. The maximum atomic E-state index is 13.2. The SMILES string of the molecule is CCCNC(=O)Nc1ccc2[nH]nc(C(=O)N3CC4CCC3CN4C)c2c1. The number of urea groups is 1. The van der Waals surface area contributed by atoms with Crippen molar-refractivity contribution in [1.29, 1.82) is 0 Å². The van der Waals surface area contributed by atoms with Crippen molar-refractivity contribution in [2.24, 2.45) is 0 Å². The van der Waals surface area contributed by atoms with Gasteiger partial charge < -0.3 is 15.5 Å². The van der Waals surface area contributed by atoms with Crippen molar-refractivity contribution >= 4 is 28.5 Å². The fourth-order valence-electron chi connectivity index (χ4n) is 4.09. The number of hydrogen-bond acceptors (Lipinski definition) is 4. The first-order valence-corrected chi connectivity index (χ1v) is 9.61. The van der Waals surface area contributed by atoms with Gasteiger partial charge in [0.15, 0.2) is 5.69 Å². The molecule has 0 spiro atoms. The fourth-order valence-corrected chi connectivity index (χ4v) is 4.09. The van der Waals surface area contributed by atoms with Gasteiger partial charge in [-0.1, -0.05) is 6.92 Å². The number of carbonyl (C=O) groups is 2. The van der Waals surface area contributed by atoms with Crippen molar-refractivity contribution < 1.29 is 9.59 Å². The molecule has 3 N–H and O–H groups in total. The molecule has 144 valence electrons. The summed E-state index contributed by atoms with van der Waals surface area (Å²) in [5, 5.41) is 13.6. The van der Waals surface area contributed by atoms with Gasteiger partial charge in [0, 0.05) is 42.8 Å². The summed E-state index contributed by atoms with van der Waals surface area (Å²) < 4.78 is 0. The Labute approximate surface area is 158 Å². The van der Waals surface area contributed by atoms with Gasteiger partial charge in [-0.3, -0.25) is 14.8 Å². The molecule has 3 amide bonds. The van der Waals surface area contributed by atoms with Gasteiger partial charge in [0.1, 0.15) is 0 Å². The average molecular weight is 370 g/mol. The van der Waals surface area contributed by atoms with Crippen LogP contribution in [-0.4, -0.2) is 70.7 Å². The molecule has 2 bridgehead atoms. The van der Waals surface area contributed by atoms with Crippen LogP contribution >= 0.6 is 0 Å². The van der Waals surface area contributed by atoms with E-state index in [0.29, 0.717) is 24.0 Å². The summed E-state index contributed by atoms with van der Waals surface area (Å²) in [6.07, 6.45) is 3.07. The summed E-state index contributed by atoms with van der Waals surface area (Å²) in [4.78, 5) is 29.4. The van der Waals surface area contributed by atoms with Crippen molar-refractivity contribution in [3.8, 4) is 0 Å². The number of piperidine rings is 2. The molecule has 3 saturated heterocycles. The Morgan fingerprint density at radius 2 is 2.07 bits per heavy atom. The van der Waals surface area contributed by atoms with Gasteiger partial charge in [-0.15, -0.1) is 0 Å². The second-order valence-corrected chi connectivity index (χ2v) is 7.50. The number of likely N-dealkylation sites (N-methyl/N-ethyl adjacent to an activating group) is 1. The lowest BCUT2D eigenvalue weighted by Crippen LogP contribution is -2.62. The molecule has 5 rings (SSSR count). The maximum Gasteiger partial charge on any atom is 0.319 e. The molecule has 3 fully saturated rings. The third-order valence-electron chi connectivity index (χ3n) is 5.62. The van der Waals surface area contributed by atoms with Crippen LogP contribution in [0.1, 0.15) is 36.7 Å². The second-order valence-electron chi connectivity index (χ2n) is 7.50. The molecule has 2 atom stereocenters. The molecule has 8 heteroatoms. The van der Waals surface area contributed by atoms with Gasteiger partial charge in [-0.05, 0) is 44.5 Å². The van der Waals surface area contributed by atoms with Crippen LogP contribution in [0.15, 0.2) is 18.2 Å². The van der Waals surface area contributed by atoms with Gasteiger partial charge in [0.25, 0.3) is 5.91 Å². The van der Waals surface area contributed by atoms with Crippen LogP contribution in [0.5, 0.6) is 0 Å². The molecule has 8 nitrogen and oxygen atoms in total. The maximum absolute atomic E-state index is 13.2. The number of nitrogens with one attached hydrogen (secondary N) is 3. The standard InChI is InChI=1S/C19H26N6O2/c1-3-8-20-19(27)21-12-4-7-16-15(9-12)17(23-22-16)18(26)25-11-13-5-6-14(25)10-24(13)2/h4,7,9,13-14H,3,5-6,8,10-11H2,1-2H3,(H,22,23)(H2,20,21,27). The first-order chi connectivity index (χ1) is 13.1. The average Bonchev–Trinajstić information content (AvgIpc) is 3.09. The number of anilines is 1. The molecule has 0 saturated carbocycles. The van der Waals surface area contributed by atoms with Gasteiger partial charge in [0.2, 0.25) is 0 Å². The minimum atomic E-state index is -0.246. The van der Waals surface area contributed by atoms with Crippen LogP contribution in [0.4, 0.5) is 10.5 Å². The number of carbonyl (C=O) groups excluding carboxylic acids is 2. The highest BCUT2D eigenvalue weighted by atomic mass is 16.2. The van der Waals surface area contributed by atoms with Crippen LogP contribution < -0.4 is 10.6 Å². The van der Waals surface area contributed by atoms with E-state index in [-0.39, 0.29) is 18.0 Å². The Bertz CT molecular complexity index is 863. The summed E-state index contributed by atoms with van der Waals surface area (Å²) in [5.41, 5.74) is 1.86. The fraction of sp³-hybridized carbons (Fsp3) is 0.526. The number of nitrogens with zero attached hydrogens (tertiary/aromatic N) is 3. The molecule has 0 aliphatic carbocycles. The summed E-state index contributed by atoms with van der Waals surface area (Å²) in [5.74, 6) is -0.0309. The van der Waals surface area contributed by atoms with Gasteiger partial charge in [-0.25, -0.2) is 4.79 Å². The van der Waals surface area contributed by atoms with E-state index in [0.717, 1.165) is 43.3 Å². The Hall–Kier alpha value is -2.61. The smallest absolute Gasteiger partial charge is 0.319 e. The predicted octanol–water partition coefficient (Wildman–Crippen LogP) is 2.01. The highest BCUT2D eigenvalue weighted by molar-refractivity contribution is 6.06. The molecular formula is C19H26N6O2. The normalized spacial score (nSPS) is 22.2. The number of fused-ring (bicyclic) bond motifs is 4. The quantitative estimate of drug-likeness (QED) is 0.767. The van der Waals surface area contributed by atoms with E-state index < -0.39 is 0 Å². The van der Waals surface area contributed by atoms with Crippen LogP contribution in [0, 0.1) is 0 Å². The molecule has 3 aliphatic heterocycles. The molecule has 2 unspecified atom stereocenters. The van der Waals surface area contributed by atoms with Crippen LogP contribution in [0.25, 0.3) is 10.9 Å². The minimum absolute atomic E-state index is 0.0309. The molecule has 1 aromatic heterocycles. The summed E-state index contributed by atoms with van der Waals surface area (Å²) >= 11 is 0. The molecule has 3 aliphatic rings. The van der Waals surface area contributed by atoms with Crippen molar-refractivity contribution in [1.82, 2.24) is 25.3 Å². The first kappa shape index (κ1) is 17.8. The van der Waals surface area contributed by atoms with E-state index in [4.69, 9.17) is 0 Å². The van der Waals surface area contributed by atoms with Crippen LogP contribution in [-0.2, 0) is 0 Å². The van der Waals surface area contributed by atoms with Crippen molar-refractivity contribution in [3.63, 3.8) is 0 Å². The topological polar surface area (TPSA) is 93.4 Å². The molecular weight excluding hydrogens is 344 g/mol. The zero-order valence-corrected chi connectivity index (χ0v) is 15.8. The van der Waals surface area contributed by atoms with E-state index in [1.807, 2.05) is 24.0 Å². The number of amides is 3. The summed E-state index contributed by atoms with van der Waals surface area (Å²) in [6.45, 7) is 4.30. The number of aromatic amines is 1. The lowest BCUT2D eigenvalue weighted by atomic mass is 9.91. The first-order valence-electron chi connectivity index (χ1n) is 9.61. The van der Waals surface area contributed by atoms with E-state index in [1.165, 1.54) is 0 Å². The van der Waals surface area contributed by atoms with Crippen molar-refractivity contribution in [2.75, 3.05) is 32.0 Å². The zero-order valence-electron chi connectivity index (χ0n) is 15.8. The third-order valence-corrected chi connectivity index (χ3v) is 5.62. The van der Waals surface area contributed by atoms with Crippen LogP contribution in [0.3, 0.4) is 0 Å². The lowest BCUT2D eigenvalue weighted by molar-refractivity contribution is -0.000328. The molecule has 2 aromatic rings. The van der Waals surface area contributed by atoms with E-state index in [2.05, 4.69) is 32.8 Å². The summed E-state index contributed by atoms with van der Waals surface area (Å²) in [7, 11) is 2.13. The van der Waals surface area contributed by atoms with Crippen molar-refractivity contribution in [3.05, 3.63) is 23.9 Å². The summed E-state index contributed by atoms with van der Waals surface area (Å²) in [6, 6.07) is 5.89. The number of benzene rings is 1. The minimum Gasteiger partial charge on any atom is -0.338 e. The second kappa shape index (κ2) is 7.19. The van der Waals surface area contributed by atoms with Crippen molar-refractivity contribution in [2.45, 2.75) is 38.3 Å². The van der Waals surface area contributed by atoms with Gasteiger partial charge in [0.05, 0.1) is 5.52 Å². The Morgan fingerprint density at radius 3 is 2.78 bits per heavy atom.